The summed E-state index contributed by atoms with van der Waals surface area (Å²) in [5.74, 6) is 2.99. The van der Waals surface area contributed by atoms with Crippen molar-refractivity contribution in [1.82, 2.24) is 0 Å². The van der Waals surface area contributed by atoms with Crippen molar-refractivity contribution >= 4 is 21.4 Å². The van der Waals surface area contributed by atoms with Crippen LogP contribution in [0.2, 0.25) is 0 Å². The molecule has 132 valence electrons. The van der Waals surface area contributed by atoms with Gasteiger partial charge in [0.25, 0.3) is 0 Å². The third-order valence-electron chi connectivity index (χ3n) is 4.31. The second kappa shape index (κ2) is 6.16. The molecule has 2 heterocycles. The van der Waals surface area contributed by atoms with E-state index in [-0.39, 0.29) is 4.90 Å². The van der Waals surface area contributed by atoms with Crippen molar-refractivity contribution < 1.29 is 17.6 Å². The Balaban J connectivity index is 1.85. The molecular weight excluding hydrogens is 350 g/mol. The Bertz CT molecular complexity index is 1110. The van der Waals surface area contributed by atoms with E-state index in [1.165, 1.54) is 12.1 Å². The molecule has 2 aromatic carbocycles. The van der Waals surface area contributed by atoms with Crippen molar-refractivity contribution in [2.24, 2.45) is 5.14 Å². The zero-order valence-corrected chi connectivity index (χ0v) is 14.9. The van der Waals surface area contributed by atoms with Crippen LogP contribution in [-0.4, -0.2) is 8.42 Å². The molecule has 0 spiro atoms. The van der Waals surface area contributed by atoms with Crippen LogP contribution in [0.4, 0.5) is 0 Å². The molecule has 2 N–H and O–H groups in total. The van der Waals surface area contributed by atoms with Crippen LogP contribution >= 0.6 is 0 Å². The van der Waals surface area contributed by atoms with Gasteiger partial charge in [0.15, 0.2) is 0 Å². The number of furan rings is 1. The molecule has 1 aromatic heterocycles. The Labute approximate surface area is 151 Å². The molecule has 26 heavy (non-hydrogen) atoms. The van der Waals surface area contributed by atoms with Gasteiger partial charge in [-0.2, -0.15) is 0 Å². The molecule has 1 aliphatic heterocycles. The van der Waals surface area contributed by atoms with E-state index in [9.17, 15) is 8.42 Å². The number of primary sulfonamides is 1. The first kappa shape index (κ1) is 16.6. The molecule has 1 aliphatic rings. The van der Waals surface area contributed by atoms with Gasteiger partial charge in [0.05, 0.1) is 4.90 Å². The maximum Gasteiger partial charge on any atom is 0.238 e. The summed E-state index contributed by atoms with van der Waals surface area (Å²) < 4.78 is 35.0. The van der Waals surface area contributed by atoms with Gasteiger partial charge in [-0.05, 0) is 55.0 Å². The number of aryl methyl sites for hydroxylation is 1. The molecule has 0 saturated carbocycles. The molecule has 0 amide bonds. The molecule has 3 aromatic rings. The van der Waals surface area contributed by atoms with Gasteiger partial charge in [-0.15, -0.1) is 0 Å². The molecule has 0 saturated heterocycles. The summed E-state index contributed by atoms with van der Waals surface area (Å²) in [5.41, 5.74) is 2.75. The lowest BCUT2D eigenvalue weighted by atomic mass is 9.96. The number of ether oxygens (including phenoxy) is 1. The van der Waals surface area contributed by atoms with Gasteiger partial charge in [0.2, 0.25) is 10.0 Å². The summed E-state index contributed by atoms with van der Waals surface area (Å²) >= 11 is 0. The lowest BCUT2D eigenvalue weighted by Crippen LogP contribution is -2.12. The average molecular weight is 367 g/mol. The third kappa shape index (κ3) is 3.05. The number of fused-ring (bicyclic) bond motifs is 1. The number of allylic oxidation sites excluding steroid dienone is 1. The normalized spacial score (nSPS) is 14.1. The number of benzene rings is 2. The van der Waals surface area contributed by atoms with Crippen LogP contribution in [0.3, 0.4) is 0 Å². The molecule has 0 atom stereocenters. The number of rotatable bonds is 3. The highest BCUT2D eigenvalue weighted by molar-refractivity contribution is 7.89. The predicted molar refractivity (Wildman–Crippen MR) is 98.8 cm³/mol. The van der Waals surface area contributed by atoms with E-state index in [2.05, 4.69) is 0 Å². The Kier molecular flexibility index (Phi) is 3.94. The topological polar surface area (TPSA) is 82.5 Å². The lowest BCUT2D eigenvalue weighted by Gasteiger charge is -2.23. The molecule has 6 heteroatoms. The second-order valence-corrected chi connectivity index (χ2v) is 7.74. The van der Waals surface area contributed by atoms with Crippen molar-refractivity contribution in [3.63, 3.8) is 0 Å². The highest BCUT2D eigenvalue weighted by Gasteiger charge is 2.24. The molecule has 0 aliphatic carbocycles. The van der Waals surface area contributed by atoms with Gasteiger partial charge in [-0.3, -0.25) is 0 Å². The summed E-state index contributed by atoms with van der Waals surface area (Å²) in [7, 11) is -3.74. The Morgan fingerprint density at radius 3 is 2.35 bits per heavy atom. The van der Waals surface area contributed by atoms with E-state index >= 15 is 0 Å². The molecule has 4 rings (SSSR count). The highest BCUT2D eigenvalue weighted by atomic mass is 32.2. The van der Waals surface area contributed by atoms with Gasteiger partial charge < -0.3 is 9.15 Å². The molecule has 0 bridgehead atoms. The van der Waals surface area contributed by atoms with E-state index in [0.717, 1.165) is 34.0 Å². The fraction of sp³-hybridized carbons (Fsp3) is 0.100. The van der Waals surface area contributed by atoms with Gasteiger partial charge in [-0.25, -0.2) is 13.6 Å². The van der Waals surface area contributed by atoms with Crippen molar-refractivity contribution in [3.8, 4) is 5.75 Å². The average Bonchev–Trinajstić information content (AvgIpc) is 3.06. The van der Waals surface area contributed by atoms with Crippen LogP contribution < -0.4 is 9.88 Å². The summed E-state index contributed by atoms with van der Waals surface area (Å²) in [6, 6.07) is 18.0. The molecule has 5 nitrogen and oxygen atoms in total. The van der Waals surface area contributed by atoms with Gasteiger partial charge >= 0.3 is 0 Å². The minimum absolute atomic E-state index is 0.0634. The predicted octanol–water partition coefficient (Wildman–Crippen LogP) is 3.74. The first-order valence-electron chi connectivity index (χ1n) is 8.11. The van der Waals surface area contributed by atoms with Crippen molar-refractivity contribution in [3.05, 3.63) is 83.3 Å². The van der Waals surface area contributed by atoms with Crippen LogP contribution in [-0.2, 0) is 16.4 Å². The smallest absolute Gasteiger partial charge is 0.238 e. The maximum absolute atomic E-state index is 11.5. The van der Waals surface area contributed by atoms with Crippen LogP contribution in [0, 0.1) is 6.92 Å². The number of hydrogen-bond donors (Lipinski definition) is 1. The van der Waals surface area contributed by atoms with Crippen molar-refractivity contribution in [2.45, 2.75) is 18.2 Å². The van der Waals surface area contributed by atoms with Gasteiger partial charge in [-0.1, -0.05) is 18.2 Å². The lowest BCUT2D eigenvalue weighted by molar-refractivity contribution is 0.488. The number of hydrogen-bond acceptors (Lipinski definition) is 4. The van der Waals surface area contributed by atoms with E-state index in [4.69, 9.17) is 14.3 Å². The Morgan fingerprint density at radius 1 is 0.962 bits per heavy atom. The fourth-order valence-electron chi connectivity index (χ4n) is 3.02. The Morgan fingerprint density at radius 2 is 1.69 bits per heavy atom. The van der Waals surface area contributed by atoms with Crippen molar-refractivity contribution in [1.29, 1.82) is 0 Å². The van der Waals surface area contributed by atoms with E-state index in [0.29, 0.717) is 12.2 Å². The highest BCUT2D eigenvalue weighted by Crippen LogP contribution is 2.39. The maximum atomic E-state index is 11.5. The van der Waals surface area contributed by atoms with Crippen LogP contribution in [0.1, 0.15) is 22.6 Å². The molecular formula is C20H17NO4S. The fourth-order valence-corrected chi connectivity index (χ4v) is 3.53. The monoisotopic (exact) mass is 367 g/mol. The van der Waals surface area contributed by atoms with E-state index in [1.54, 1.807) is 12.1 Å². The van der Waals surface area contributed by atoms with Gasteiger partial charge in [0, 0.05) is 17.6 Å². The summed E-state index contributed by atoms with van der Waals surface area (Å²) in [6.07, 6.45) is 0.662. The SMILES string of the molecule is Cc1ccc(C2=C(c3ccc(S(N)(=O)=O)cc3)Oc3ccccc3C2)o1. The number of sulfonamides is 1. The number of nitrogens with two attached hydrogens (primary N) is 1. The minimum atomic E-state index is -3.74. The first-order valence-corrected chi connectivity index (χ1v) is 9.65. The third-order valence-corrected chi connectivity index (χ3v) is 5.24. The summed E-state index contributed by atoms with van der Waals surface area (Å²) in [5, 5.41) is 5.18. The largest absolute Gasteiger partial charge is 0.462 e. The van der Waals surface area contributed by atoms with Crippen LogP contribution in [0.15, 0.2) is 70.0 Å². The zero-order valence-electron chi connectivity index (χ0n) is 14.1. The molecule has 0 fully saturated rings. The second-order valence-electron chi connectivity index (χ2n) is 6.17. The Hall–Kier alpha value is -2.83. The zero-order chi connectivity index (χ0) is 18.3. The first-order chi connectivity index (χ1) is 12.4. The quantitative estimate of drug-likeness (QED) is 0.764. The standard InChI is InChI=1S/C20H17NO4S/c1-13-6-11-19(24-13)17-12-15-4-2-3-5-18(15)25-20(17)14-7-9-16(10-8-14)26(21,22)23/h2-11H,12H2,1H3,(H2,21,22,23). The molecule has 0 radical (unpaired) electrons. The molecule has 0 unspecified atom stereocenters. The van der Waals surface area contributed by atoms with Gasteiger partial charge in [0.1, 0.15) is 23.0 Å². The van der Waals surface area contributed by atoms with Crippen LogP contribution in [0.5, 0.6) is 5.75 Å². The summed E-state index contributed by atoms with van der Waals surface area (Å²) in [4.78, 5) is 0.0634. The van der Waals surface area contributed by atoms with E-state index < -0.39 is 10.0 Å². The van der Waals surface area contributed by atoms with Crippen LogP contribution in [0.25, 0.3) is 11.3 Å². The van der Waals surface area contributed by atoms with Crippen molar-refractivity contribution in [2.75, 3.05) is 0 Å². The minimum Gasteiger partial charge on any atom is -0.462 e. The summed E-state index contributed by atoms with van der Waals surface area (Å²) in [6.45, 7) is 1.89. The number of para-hydroxylation sites is 1. The van der Waals surface area contributed by atoms with E-state index in [1.807, 2.05) is 43.3 Å².